The van der Waals surface area contributed by atoms with E-state index >= 15 is 0 Å². The summed E-state index contributed by atoms with van der Waals surface area (Å²) < 4.78 is 67.5. The van der Waals surface area contributed by atoms with Crippen molar-refractivity contribution in [3.05, 3.63) is 0 Å². The van der Waals surface area contributed by atoms with Crippen LogP contribution in [-0.4, -0.2) is 96.7 Å². The van der Waals surface area contributed by atoms with Gasteiger partial charge in [0.15, 0.2) is 12.2 Å². The van der Waals surface area contributed by atoms with E-state index in [0.717, 1.165) is 109 Å². The highest BCUT2D eigenvalue weighted by Crippen LogP contribution is 2.45. The molecule has 0 aliphatic carbocycles. The molecule has 17 nitrogen and oxygen atoms in total. The van der Waals surface area contributed by atoms with Crippen LogP contribution < -0.4 is 0 Å². The lowest BCUT2D eigenvalue weighted by molar-refractivity contribution is -0.161. The van der Waals surface area contributed by atoms with Crippen LogP contribution in [0.15, 0.2) is 0 Å². The molecule has 0 aliphatic rings. The van der Waals surface area contributed by atoms with Gasteiger partial charge in [0.25, 0.3) is 0 Å². The number of esters is 4. The molecule has 0 fully saturated rings. The Labute approximate surface area is 473 Å². The molecule has 0 radical (unpaired) electrons. The molecule has 0 saturated heterocycles. The van der Waals surface area contributed by atoms with Gasteiger partial charge in [-0.2, -0.15) is 0 Å². The molecule has 78 heavy (non-hydrogen) atoms. The summed E-state index contributed by atoms with van der Waals surface area (Å²) in [5.41, 5.74) is 0. The fraction of sp³-hybridized carbons (Fsp3) is 0.932. The monoisotopic (exact) mass is 1160 g/mol. The Morgan fingerprint density at radius 3 is 0.756 bits per heavy atom. The van der Waals surface area contributed by atoms with E-state index in [0.29, 0.717) is 25.7 Å². The number of hydrogen-bond acceptors (Lipinski definition) is 15. The van der Waals surface area contributed by atoms with Crippen LogP contribution in [0.3, 0.4) is 0 Å². The Morgan fingerprint density at radius 1 is 0.308 bits per heavy atom. The number of ether oxygens (including phenoxy) is 4. The summed E-state index contributed by atoms with van der Waals surface area (Å²) in [6.07, 6.45) is 38.0. The SMILES string of the molecule is CCCCCCCCCCCCCCCCCC(=O)O[C@H](COC(=O)CCCCCCCCCCCCC)COP(=O)(O)OC[C@@H](O)COP(=O)(O)OC[C@@H](COC(=O)CCCCCCC)OC(=O)CCCCCCCCC. The topological polar surface area (TPSA) is 237 Å². The minimum absolute atomic E-state index is 0.103. The number of phosphoric acid groups is 2. The minimum Gasteiger partial charge on any atom is -0.462 e. The summed E-state index contributed by atoms with van der Waals surface area (Å²) in [7, 11) is -9.86. The van der Waals surface area contributed by atoms with Crippen molar-refractivity contribution in [1.82, 2.24) is 0 Å². The van der Waals surface area contributed by atoms with Gasteiger partial charge in [0, 0.05) is 25.7 Å². The fourth-order valence-corrected chi connectivity index (χ4v) is 10.3. The van der Waals surface area contributed by atoms with E-state index in [4.69, 9.17) is 37.0 Å². The second kappa shape index (κ2) is 54.3. The lowest BCUT2D eigenvalue weighted by atomic mass is 10.0. The smallest absolute Gasteiger partial charge is 0.462 e. The fourth-order valence-electron chi connectivity index (χ4n) is 8.75. The van der Waals surface area contributed by atoms with Crippen LogP contribution in [0.2, 0.25) is 0 Å². The molecule has 0 amide bonds. The molecule has 0 aliphatic heterocycles. The Morgan fingerprint density at radius 2 is 0.513 bits per heavy atom. The number of carbonyl (C=O) groups excluding carboxylic acids is 4. The standard InChI is InChI=1S/C59H114O17P2/c1-5-9-13-17-20-22-24-25-26-27-29-31-34-38-42-46-59(64)76-55(50-70-57(62)44-40-36-33-30-28-23-21-18-14-10-6-2)52-74-78(67,68)72-48-53(60)47-71-77(65,66)73-51-54(49-69-56(61)43-39-35-16-12-8-4)75-58(63)45-41-37-32-19-15-11-7-3/h53-55,60H,5-52H2,1-4H3,(H,65,66)(H,67,68)/t53-,54+,55+/m0/s1. The summed E-state index contributed by atoms with van der Waals surface area (Å²) >= 11 is 0. The number of aliphatic hydroxyl groups excluding tert-OH is 1. The first-order chi connectivity index (χ1) is 37.7. The Bertz CT molecular complexity index is 1520. The molecule has 0 aromatic rings. The van der Waals surface area contributed by atoms with Crippen molar-refractivity contribution in [1.29, 1.82) is 0 Å². The molecule has 0 aromatic carbocycles. The third-order valence-corrected chi connectivity index (χ3v) is 15.5. The predicted molar refractivity (Wildman–Crippen MR) is 308 cm³/mol. The zero-order chi connectivity index (χ0) is 57.6. The minimum atomic E-state index is -4.94. The molecule has 462 valence electrons. The maximum atomic E-state index is 12.9. The summed E-state index contributed by atoms with van der Waals surface area (Å²) in [4.78, 5) is 71.6. The molecule has 19 heteroatoms. The van der Waals surface area contributed by atoms with E-state index < -0.39 is 97.5 Å². The predicted octanol–water partition coefficient (Wildman–Crippen LogP) is 16.0. The second-order valence-corrected chi connectivity index (χ2v) is 24.3. The van der Waals surface area contributed by atoms with Crippen molar-refractivity contribution in [2.24, 2.45) is 0 Å². The van der Waals surface area contributed by atoms with E-state index in [1.54, 1.807) is 0 Å². The van der Waals surface area contributed by atoms with Crippen molar-refractivity contribution in [3.8, 4) is 0 Å². The van der Waals surface area contributed by atoms with E-state index in [2.05, 4.69) is 27.7 Å². The molecule has 2 unspecified atom stereocenters. The first-order valence-electron chi connectivity index (χ1n) is 31.3. The zero-order valence-corrected chi connectivity index (χ0v) is 51.4. The maximum Gasteiger partial charge on any atom is 0.472 e. The van der Waals surface area contributed by atoms with Gasteiger partial charge in [0.1, 0.15) is 19.3 Å². The first kappa shape index (κ1) is 76.1. The number of phosphoric ester groups is 2. The van der Waals surface area contributed by atoms with Gasteiger partial charge in [-0.15, -0.1) is 0 Å². The lowest BCUT2D eigenvalue weighted by Crippen LogP contribution is -2.30. The summed E-state index contributed by atoms with van der Waals surface area (Å²) in [6, 6.07) is 0. The van der Waals surface area contributed by atoms with Gasteiger partial charge in [-0.05, 0) is 25.7 Å². The number of aliphatic hydroxyl groups is 1. The van der Waals surface area contributed by atoms with Crippen molar-refractivity contribution >= 4 is 39.5 Å². The highest BCUT2D eigenvalue weighted by Gasteiger charge is 2.30. The van der Waals surface area contributed by atoms with Crippen LogP contribution in [0.4, 0.5) is 0 Å². The van der Waals surface area contributed by atoms with Gasteiger partial charge in [-0.25, -0.2) is 9.13 Å². The van der Waals surface area contributed by atoms with Crippen LogP contribution >= 0.6 is 15.6 Å². The number of rotatable bonds is 60. The first-order valence-corrected chi connectivity index (χ1v) is 34.3. The lowest BCUT2D eigenvalue weighted by Gasteiger charge is -2.21. The maximum absolute atomic E-state index is 12.9. The van der Waals surface area contributed by atoms with Gasteiger partial charge in [-0.1, -0.05) is 246 Å². The zero-order valence-electron chi connectivity index (χ0n) is 49.6. The van der Waals surface area contributed by atoms with Crippen LogP contribution in [0.1, 0.15) is 297 Å². The normalized spacial score (nSPS) is 14.3. The highest BCUT2D eigenvalue weighted by molar-refractivity contribution is 7.47. The van der Waals surface area contributed by atoms with Gasteiger partial charge in [0.2, 0.25) is 0 Å². The van der Waals surface area contributed by atoms with E-state index in [9.17, 15) is 43.2 Å². The third kappa shape index (κ3) is 53.4. The third-order valence-electron chi connectivity index (χ3n) is 13.6. The van der Waals surface area contributed by atoms with Crippen molar-refractivity contribution in [2.75, 3.05) is 39.6 Å². The van der Waals surface area contributed by atoms with E-state index in [1.165, 1.54) is 109 Å². The van der Waals surface area contributed by atoms with Gasteiger partial charge < -0.3 is 33.8 Å². The van der Waals surface area contributed by atoms with E-state index in [1.807, 2.05) is 0 Å². The quantitative estimate of drug-likeness (QED) is 0.0222. The Kier molecular flexibility index (Phi) is 53.0. The molecule has 0 saturated carbocycles. The van der Waals surface area contributed by atoms with Gasteiger partial charge in [0.05, 0.1) is 26.4 Å². The summed E-state index contributed by atoms with van der Waals surface area (Å²) in [5.74, 6) is -2.15. The van der Waals surface area contributed by atoms with Crippen molar-refractivity contribution in [3.63, 3.8) is 0 Å². The molecular weight excluding hydrogens is 1040 g/mol. The van der Waals surface area contributed by atoms with Crippen LogP contribution in [0.5, 0.6) is 0 Å². The molecule has 3 N–H and O–H groups in total. The number of unbranched alkanes of at least 4 members (excludes halogenated alkanes) is 34. The van der Waals surface area contributed by atoms with E-state index in [-0.39, 0.29) is 25.7 Å². The Hall–Kier alpha value is -1.94. The van der Waals surface area contributed by atoms with Crippen LogP contribution in [0.25, 0.3) is 0 Å². The Balaban J connectivity index is 5.15. The van der Waals surface area contributed by atoms with Crippen LogP contribution in [-0.2, 0) is 65.4 Å². The largest absolute Gasteiger partial charge is 0.472 e. The van der Waals surface area contributed by atoms with Gasteiger partial charge in [-0.3, -0.25) is 37.3 Å². The molecule has 5 atom stereocenters. The highest BCUT2D eigenvalue weighted by atomic mass is 31.2. The number of hydrogen-bond donors (Lipinski definition) is 3. The molecule has 0 aromatic heterocycles. The average Bonchev–Trinajstić information content (AvgIpc) is 3.41. The van der Waals surface area contributed by atoms with Crippen LogP contribution in [0, 0.1) is 0 Å². The number of carbonyl (C=O) groups is 4. The molecule has 0 bridgehead atoms. The molecular formula is C59H114O17P2. The summed E-state index contributed by atoms with van der Waals surface area (Å²) in [6.45, 7) is 4.73. The van der Waals surface area contributed by atoms with Crippen molar-refractivity contribution in [2.45, 2.75) is 316 Å². The van der Waals surface area contributed by atoms with Gasteiger partial charge >= 0.3 is 39.5 Å². The summed E-state index contributed by atoms with van der Waals surface area (Å²) in [5, 5.41) is 10.5. The molecule has 0 rings (SSSR count). The molecule has 0 heterocycles. The molecule has 0 spiro atoms. The van der Waals surface area contributed by atoms with Crippen molar-refractivity contribution < 1.29 is 80.2 Å². The second-order valence-electron chi connectivity index (χ2n) is 21.4. The average molecular weight is 1160 g/mol.